The van der Waals surface area contributed by atoms with Crippen LogP contribution >= 0.6 is 0 Å². The van der Waals surface area contributed by atoms with Gasteiger partial charge in [-0.1, -0.05) is 6.92 Å². The lowest BCUT2D eigenvalue weighted by Gasteiger charge is -2.24. The molecule has 2 aliphatic rings. The number of carbonyl (C=O) groups excluding carboxylic acids is 1. The van der Waals surface area contributed by atoms with Crippen LogP contribution in [0.1, 0.15) is 52.4 Å². The van der Waals surface area contributed by atoms with Gasteiger partial charge in [-0.05, 0) is 45.4 Å². The van der Waals surface area contributed by atoms with Crippen molar-refractivity contribution in [3.8, 4) is 0 Å². The van der Waals surface area contributed by atoms with Gasteiger partial charge in [-0.15, -0.1) is 0 Å². The number of hydrogen-bond acceptors (Lipinski definition) is 3. The van der Waals surface area contributed by atoms with Crippen LogP contribution in [0.2, 0.25) is 0 Å². The number of aliphatic carboxylic acids is 1. The zero-order chi connectivity index (χ0) is 21.1. The molecule has 5 heteroatoms. The molecule has 28 heavy (non-hydrogen) atoms. The Morgan fingerprint density at radius 2 is 1.36 bits per heavy atom. The Labute approximate surface area is 172 Å². The van der Waals surface area contributed by atoms with E-state index >= 15 is 0 Å². The summed E-state index contributed by atoms with van der Waals surface area (Å²) >= 11 is 0. The van der Waals surface area contributed by atoms with Crippen molar-refractivity contribution in [2.24, 2.45) is 29.6 Å². The van der Waals surface area contributed by atoms with E-state index in [1.165, 1.54) is 38.9 Å². The molecule has 0 saturated carbocycles. The lowest BCUT2D eigenvalue weighted by atomic mass is 9.81. The molecule has 2 fully saturated rings. The summed E-state index contributed by atoms with van der Waals surface area (Å²) in [4.78, 5) is 11.5. The quantitative estimate of drug-likeness (QED) is 0.571. The fourth-order valence-electron chi connectivity index (χ4n) is 6.32. The van der Waals surface area contributed by atoms with Gasteiger partial charge >= 0.3 is 0 Å². The third kappa shape index (κ3) is 6.70. The Bertz CT molecular complexity index is 518. The molecule has 2 rings (SSSR count). The molecule has 1 N–H and O–H groups in total. The number of aliphatic hydroxyl groups is 1. The third-order valence-electron chi connectivity index (χ3n) is 7.53. The fraction of sp³-hybridized carbons (Fsp3) is 0.957. The molecule has 2 aliphatic heterocycles. The number of rotatable bonds is 10. The molecule has 0 radical (unpaired) electrons. The van der Waals surface area contributed by atoms with E-state index in [2.05, 4.69) is 35.1 Å². The molecule has 6 atom stereocenters. The van der Waals surface area contributed by atoms with E-state index in [1.54, 1.807) is 6.92 Å². The van der Waals surface area contributed by atoms with Crippen LogP contribution in [-0.4, -0.2) is 80.5 Å². The second-order valence-corrected chi connectivity index (χ2v) is 11.3. The molecule has 0 spiro atoms. The average molecular weight is 398 g/mol. The Balaban J connectivity index is 1.93. The second kappa shape index (κ2) is 9.44. The first kappa shape index (κ1) is 23.6. The predicted molar refractivity (Wildman–Crippen MR) is 111 cm³/mol. The van der Waals surface area contributed by atoms with E-state index in [0.29, 0.717) is 24.7 Å². The van der Waals surface area contributed by atoms with E-state index in [0.717, 1.165) is 33.8 Å². The molecule has 6 unspecified atom stereocenters. The van der Waals surface area contributed by atoms with Crippen molar-refractivity contribution < 1.29 is 24.0 Å². The Hall–Kier alpha value is -0.650. The van der Waals surface area contributed by atoms with Gasteiger partial charge in [0, 0.05) is 35.6 Å². The minimum atomic E-state index is -0.999. The normalized spacial score (nSPS) is 33.7. The summed E-state index contributed by atoms with van der Waals surface area (Å²) in [5.74, 6) is 1.46. The van der Waals surface area contributed by atoms with Gasteiger partial charge in [-0.3, -0.25) is 0 Å². The average Bonchev–Trinajstić information content (AvgIpc) is 3.03. The summed E-state index contributed by atoms with van der Waals surface area (Å²) in [6.07, 6.45) is 5.20. The van der Waals surface area contributed by atoms with Gasteiger partial charge in [0.2, 0.25) is 0 Å². The number of carbonyl (C=O) groups is 1. The van der Waals surface area contributed by atoms with E-state index in [1.807, 2.05) is 0 Å². The van der Waals surface area contributed by atoms with Crippen molar-refractivity contribution in [1.82, 2.24) is 0 Å². The fourth-order valence-corrected chi connectivity index (χ4v) is 6.32. The molecule has 0 aromatic carbocycles. The maximum absolute atomic E-state index is 11.5. The Morgan fingerprint density at radius 3 is 1.79 bits per heavy atom. The summed E-state index contributed by atoms with van der Waals surface area (Å²) in [5.41, 5.74) is 0. The van der Waals surface area contributed by atoms with Crippen LogP contribution in [0.4, 0.5) is 0 Å². The minimum Gasteiger partial charge on any atom is -0.550 e. The maximum Gasteiger partial charge on any atom is 0.0816 e. The maximum atomic E-state index is 11.5. The number of aliphatic hydroxyl groups excluding tert-OH is 1. The van der Waals surface area contributed by atoms with Crippen LogP contribution in [0.15, 0.2) is 0 Å². The molecule has 0 amide bonds. The molecule has 2 saturated heterocycles. The SMILES string of the molecule is CCC1C[N+](C)(C)CC1CCC1C[N+](C)(C)CC1CCC(CC(C)O)C(=O)[O-]. The van der Waals surface area contributed by atoms with Crippen molar-refractivity contribution in [2.75, 3.05) is 54.4 Å². The van der Waals surface area contributed by atoms with E-state index in [-0.39, 0.29) is 0 Å². The first-order chi connectivity index (χ1) is 12.9. The first-order valence-corrected chi connectivity index (χ1v) is 11.5. The van der Waals surface area contributed by atoms with E-state index in [4.69, 9.17) is 0 Å². The van der Waals surface area contributed by atoms with Crippen LogP contribution in [0, 0.1) is 29.6 Å². The Morgan fingerprint density at radius 1 is 0.929 bits per heavy atom. The lowest BCUT2D eigenvalue weighted by Crippen LogP contribution is -2.37. The molecule has 0 aromatic rings. The lowest BCUT2D eigenvalue weighted by molar-refractivity contribution is -0.881. The second-order valence-electron chi connectivity index (χ2n) is 11.3. The van der Waals surface area contributed by atoms with Crippen LogP contribution in [0.5, 0.6) is 0 Å². The molecular weight excluding hydrogens is 352 g/mol. The molecule has 0 aromatic heterocycles. The number of likely N-dealkylation sites (tertiary alicyclic amines) is 2. The summed E-state index contributed by atoms with van der Waals surface area (Å²) in [5, 5.41) is 21.0. The largest absolute Gasteiger partial charge is 0.550 e. The van der Waals surface area contributed by atoms with Gasteiger partial charge in [0.15, 0.2) is 0 Å². The van der Waals surface area contributed by atoms with Gasteiger partial charge < -0.3 is 24.0 Å². The van der Waals surface area contributed by atoms with Gasteiger partial charge in [0.1, 0.15) is 0 Å². The predicted octanol–water partition coefficient (Wildman–Crippen LogP) is 1.74. The van der Waals surface area contributed by atoms with Gasteiger partial charge in [-0.25, -0.2) is 0 Å². The number of quaternary nitrogens is 2. The molecule has 0 aliphatic carbocycles. The Kier molecular flexibility index (Phi) is 7.97. The first-order valence-electron chi connectivity index (χ1n) is 11.5. The highest BCUT2D eigenvalue weighted by atomic mass is 16.4. The van der Waals surface area contributed by atoms with Crippen molar-refractivity contribution in [1.29, 1.82) is 0 Å². The highest BCUT2D eigenvalue weighted by Crippen LogP contribution is 2.39. The standard InChI is InChI=1S/C23H45N2O3/c1-7-18-13-24(3,4)14-20(18)10-11-22-16-25(5,6)15-21(22)9-8-19(23(27)28)12-17(2)26/h17-22,26H,7-16H2,1-6H3/q+1. The number of carboxylic acid groups (broad SMARTS) is 1. The van der Waals surface area contributed by atoms with Crippen molar-refractivity contribution in [2.45, 2.75) is 58.5 Å². The monoisotopic (exact) mass is 397 g/mol. The molecule has 2 heterocycles. The van der Waals surface area contributed by atoms with Gasteiger partial charge in [-0.2, -0.15) is 0 Å². The van der Waals surface area contributed by atoms with Gasteiger partial charge in [0.25, 0.3) is 0 Å². The van der Waals surface area contributed by atoms with Crippen LogP contribution < -0.4 is 5.11 Å². The highest BCUT2D eigenvalue weighted by molar-refractivity contribution is 5.67. The summed E-state index contributed by atoms with van der Waals surface area (Å²) < 4.78 is 2.20. The minimum absolute atomic E-state index is 0.311. The van der Waals surface area contributed by atoms with Crippen LogP contribution in [0.3, 0.4) is 0 Å². The zero-order valence-corrected chi connectivity index (χ0v) is 19.2. The van der Waals surface area contributed by atoms with E-state index < -0.39 is 18.0 Å². The van der Waals surface area contributed by atoms with E-state index in [9.17, 15) is 15.0 Å². The van der Waals surface area contributed by atoms with Crippen molar-refractivity contribution >= 4 is 5.97 Å². The zero-order valence-electron chi connectivity index (χ0n) is 19.2. The van der Waals surface area contributed by atoms with Crippen LogP contribution in [-0.2, 0) is 4.79 Å². The number of nitrogens with zero attached hydrogens (tertiary/aromatic N) is 2. The van der Waals surface area contributed by atoms with Gasteiger partial charge in [0.05, 0.1) is 60.5 Å². The number of hydrogen-bond donors (Lipinski definition) is 1. The molecule has 0 bridgehead atoms. The van der Waals surface area contributed by atoms with Crippen molar-refractivity contribution in [3.05, 3.63) is 0 Å². The summed E-state index contributed by atoms with van der Waals surface area (Å²) in [7, 11) is 9.35. The summed E-state index contributed by atoms with van der Waals surface area (Å²) in [6.45, 7) is 8.96. The summed E-state index contributed by atoms with van der Waals surface area (Å²) in [6, 6.07) is 0. The molecule has 5 nitrogen and oxygen atoms in total. The highest BCUT2D eigenvalue weighted by Gasteiger charge is 2.43. The topological polar surface area (TPSA) is 60.4 Å². The number of carboxylic acids is 1. The van der Waals surface area contributed by atoms with Crippen LogP contribution in [0.25, 0.3) is 0 Å². The van der Waals surface area contributed by atoms with Crippen molar-refractivity contribution in [3.63, 3.8) is 0 Å². The molecule has 164 valence electrons. The third-order valence-corrected chi connectivity index (χ3v) is 7.53. The smallest absolute Gasteiger partial charge is 0.0816 e. The molecular formula is C23H45N2O3+.